The third kappa shape index (κ3) is 2.60. The molecule has 0 spiro atoms. The molecule has 2 aliphatic rings. The molecule has 1 aromatic heterocycles. The third-order valence-corrected chi connectivity index (χ3v) is 4.49. The van der Waals surface area contributed by atoms with Crippen molar-refractivity contribution in [3.05, 3.63) is 23.0 Å². The molecule has 0 saturated carbocycles. The van der Waals surface area contributed by atoms with E-state index in [2.05, 4.69) is 0 Å². The summed E-state index contributed by atoms with van der Waals surface area (Å²) in [5.74, 6) is -4.09. The smallest absolute Gasteiger partial charge is 0.337 e. The van der Waals surface area contributed by atoms with E-state index in [1.54, 1.807) is 4.57 Å². The molecule has 0 atom stereocenters. The van der Waals surface area contributed by atoms with Crippen molar-refractivity contribution in [1.82, 2.24) is 9.47 Å². The topological polar surface area (TPSA) is 62.5 Å². The fourth-order valence-electron chi connectivity index (χ4n) is 3.24. The minimum atomic E-state index is -2.71. The number of halogens is 2. The van der Waals surface area contributed by atoms with Crippen LogP contribution in [0.4, 0.5) is 8.78 Å². The van der Waals surface area contributed by atoms with Gasteiger partial charge in [0, 0.05) is 38.2 Å². The van der Waals surface area contributed by atoms with E-state index < -0.39 is 11.9 Å². The second-order valence-corrected chi connectivity index (χ2v) is 5.95. The van der Waals surface area contributed by atoms with Gasteiger partial charge in [-0.05, 0) is 25.3 Å². The summed E-state index contributed by atoms with van der Waals surface area (Å²) in [5, 5.41) is 9.28. The van der Waals surface area contributed by atoms with Crippen LogP contribution in [-0.2, 0) is 13.0 Å². The Balaban J connectivity index is 1.88. The summed E-state index contributed by atoms with van der Waals surface area (Å²) in [7, 11) is 0. The number of aromatic nitrogens is 1. The summed E-state index contributed by atoms with van der Waals surface area (Å²) in [4.78, 5) is 25.3. The number of hydrogen-bond donors (Lipinski definition) is 1. The molecule has 0 aliphatic carbocycles. The Kier molecular flexibility index (Phi) is 3.66. The maximum atomic E-state index is 13.2. The zero-order chi connectivity index (χ0) is 15.9. The van der Waals surface area contributed by atoms with Gasteiger partial charge in [0.05, 0.1) is 5.56 Å². The molecule has 0 aromatic carbocycles. The van der Waals surface area contributed by atoms with Crippen molar-refractivity contribution in [3.8, 4) is 0 Å². The Morgan fingerprint density at radius 2 is 1.82 bits per heavy atom. The number of carboxylic acid groups (broad SMARTS) is 1. The van der Waals surface area contributed by atoms with Crippen LogP contribution in [0.5, 0.6) is 0 Å². The van der Waals surface area contributed by atoms with Gasteiger partial charge in [-0.2, -0.15) is 0 Å². The lowest BCUT2D eigenvalue weighted by atomic mass is 10.1. The van der Waals surface area contributed by atoms with Gasteiger partial charge in [0.2, 0.25) is 0 Å². The van der Waals surface area contributed by atoms with E-state index in [0.29, 0.717) is 24.4 Å². The molecule has 22 heavy (non-hydrogen) atoms. The van der Waals surface area contributed by atoms with Gasteiger partial charge in [-0.3, -0.25) is 4.79 Å². The number of amides is 1. The summed E-state index contributed by atoms with van der Waals surface area (Å²) >= 11 is 0. The van der Waals surface area contributed by atoms with Crippen molar-refractivity contribution in [2.24, 2.45) is 0 Å². The Morgan fingerprint density at radius 1 is 1.14 bits per heavy atom. The first kappa shape index (κ1) is 15.0. The van der Waals surface area contributed by atoms with Gasteiger partial charge in [-0.25, -0.2) is 13.6 Å². The number of fused-ring (bicyclic) bond motifs is 1. The lowest BCUT2D eigenvalue weighted by molar-refractivity contribution is -0.0495. The van der Waals surface area contributed by atoms with Crippen molar-refractivity contribution >= 4 is 11.9 Å². The quantitative estimate of drug-likeness (QED) is 0.912. The average molecular weight is 312 g/mol. The minimum absolute atomic E-state index is 0.00868. The van der Waals surface area contributed by atoms with Gasteiger partial charge in [-0.1, -0.05) is 0 Å². The highest BCUT2D eigenvalue weighted by Crippen LogP contribution is 2.30. The highest BCUT2D eigenvalue weighted by Gasteiger charge is 2.37. The van der Waals surface area contributed by atoms with Gasteiger partial charge in [0.1, 0.15) is 5.69 Å². The molecule has 1 saturated heterocycles. The third-order valence-electron chi connectivity index (χ3n) is 4.49. The highest BCUT2D eigenvalue weighted by atomic mass is 19.3. The summed E-state index contributed by atoms with van der Waals surface area (Å²) in [5.41, 5.74) is 1.15. The molecule has 5 nitrogen and oxygen atoms in total. The zero-order valence-corrected chi connectivity index (χ0v) is 12.1. The van der Waals surface area contributed by atoms with Crippen molar-refractivity contribution in [1.29, 1.82) is 0 Å². The molecule has 120 valence electrons. The van der Waals surface area contributed by atoms with Crippen LogP contribution in [0.3, 0.4) is 0 Å². The molecule has 3 rings (SSSR count). The Labute approximate surface area is 126 Å². The van der Waals surface area contributed by atoms with Crippen molar-refractivity contribution in [2.75, 3.05) is 13.1 Å². The van der Waals surface area contributed by atoms with Crippen LogP contribution >= 0.6 is 0 Å². The van der Waals surface area contributed by atoms with Crippen LogP contribution in [-0.4, -0.2) is 45.5 Å². The number of aromatic carboxylic acids is 1. The van der Waals surface area contributed by atoms with E-state index in [-0.39, 0.29) is 37.4 Å². The largest absolute Gasteiger partial charge is 0.478 e. The van der Waals surface area contributed by atoms with E-state index in [1.807, 2.05) is 0 Å². The molecule has 0 unspecified atom stereocenters. The minimum Gasteiger partial charge on any atom is -0.478 e. The molecule has 1 N–H and O–H groups in total. The molecular formula is C15H18F2N2O3. The summed E-state index contributed by atoms with van der Waals surface area (Å²) in [6, 6.07) is 1.40. The number of hydrogen-bond acceptors (Lipinski definition) is 2. The Bertz CT molecular complexity index is 615. The Hall–Kier alpha value is -1.92. The molecule has 1 aromatic rings. The van der Waals surface area contributed by atoms with Crippen LogP contribution in [0, 0.1) is 0 Å². The SMILES string of the molecule is O=C(O)c1cc(C(=O)N2CCC(F)(F)CC2)n2c1CCCC2. The van der Waals surface area contributed by atoms with Gasteiger partial charge >= 0.3 is 5.97 Å². The van der Waals surface area contributed by atoms with E-state index in [1.165, 1.54) is 11.0 Å². The molecular weight excluding hydrogens is 294 g/mol. The molecule has 1 fully saturated rings. The van der Waals surface area contributed by atoms with E-state index >= 15 is 0 Å². The lowest BCUT2D eigenvalue weighted by Crippen LogP contribution is -2.43. The lowest BCUT2D eigenvalue weighted by Gasteiger charge is -2.32. The first-order chi connectivity index (χ1) is 10.4. The monoisotopic (exact) mass is 312 g/mol. The fraction of sp³-hybridized carbons (Fsp3) is 0.600. The van der Waals surface area contributed by atoms with Crippen molar-refractivity contribution in [2.45, 2.75) is 44.6 Å². The van der Waals surface area contributed by atoms with Crippen LogP contribution in [0.1, 0.15) is 52.2 Å². The molecule has 0 radical (unpaired) electrons. The number of likely N-dealkylation sites (tertiary alicyclic amines) is 1. The number of carbonyl (C=O) groups excluding carboxylic acids is 1. The number of nitrogens with zero attached hydrogens (tertiary/aromatic N) is 2. The first-order valence-corrected chi connectivity index (χ1v) is 7.52. The predicted molar refractivity (Wildman–Crippen MR) is 74.4 cm³/mol. The number of carbonyl (C=O) groups is 2. The molecule has 1 amide bonds. The fourth-order valence-corrected chi connectivity index (χ4v) is 3.24. The summed E-state index contributed by atoms with van der Waals surface area (Å²) < 4.78 is 28.2. The standard InChI is InChI=1S/C15H18F2N2O3/c16-15(17)4-7-18(8-5-15)13(20)12-9-10(14(21)22)11-3-1-2-6-19(11)12/h9H,1-8H2,(H,21,22). The number of alkyl halides is 2. The van der Waals surface area contributed by atoms with Crippen LogP contribution in [0.15, 0.2) is 6.07 Å². The van der Waals surface area contributed by atoms with Gasteiger partial charge in [-0.15, -0.1) is 0 Å². The summed E-state index contributed by atoms with van der Waals surface area (Å²) in [6.45, 7) is 0.622. The van der Waals surface area contributed by atoms with Gasteiger partial charge in [0.15, 0.2) is 0 Å². The molecule has 0 bridgehead atoms. The van der Waals surface area contributed by atoms with Crippen LogP contribution in [0.25, 0.3) is 0 Å². The number of carboxylic acids is 1. The average Bonchev–Trinajstić information content (AvgIpc) is 2.86. The van der Waals surface area contributed by atoms with E-state index in [9.17, 15) is 23.5 Å². The molecule has 3 heterocycles. The maximum absolute atomic E-state index is 13.2. The Morgan fingerprint density at radius 3 is 2.45 bits per heavy atom. The zero-order valence-electron chi connectivity index (χ0n) is 12.1. The molecule has 7 heteroatoms. The van der Waals surface area contributed by atoms with E-state index in [0.717, 1.165) is 12.8 Å². The van der Waals surface area contributed by atoms with Crippen molar-refractivity contribution < 1.29 is 23.5 Å². The van der Waals surface area contributed by atoms with Crippen LogP contribution in [0.2, 0.25) is 0 Å². The predicted octanol–water partition coefficient (Wildman–Crippen LogP) is 2.39. The molecule has 2 aliphatic heterocycles. The van der Waals surface area contributed by atoms with Gasteiger partial charge in [0.25, 0.3) is 11.8 Å². The van der Waals surface area contributed by atoms with Crippen LogP contribution < -0.4 is 0 Å². The number of piperidine rings is 1. The first-order valence-electron chi connectivity index (χ1n) is 7.52. The van der Waals surface area contributed by atoms with Gasteiger partial charge < -0.3 is 14.6 Å². The highest BCUT2D eigenvalue weighted by molar-refractivity contribution is 5.98. The number of rotatable bonds is 2. The second-order valence-electron chi connectivity index (χ2n) is 5.95. The normalized spacial score (nSPS) is 20.5. The van der Waals surface area contributed by atoms with Crippen molar-refractivity contribution in [3.63, 3.8) is 0 Å². The second kappa shape index (κ2) is 5.37. The summed E-state index contributed by atoms with van der Waals surface area (Å²) in [6.07, 6.45) is 1.75. The maximum Gasteiger partial charge on any atom is 0.337 e. The van der Waals surface area contributed by atoms with E-state index in [4.69, 9.17) is 0 Å².